The van der Waals surface area contributed by atoms with Crippen LogP contribution in [0.1, 0.15) is 12.7 Å². The van der Waals surface area contributed by atoms with Crippen molar-refractivity contribution in [2.75, 3.05) is 12.4 Å². The summed E-state index contributed by atoms with van der Waals surface area (Å²) in [6.45, 7) is 0.969. The lowest BCUT2D eigenvalue weighted by Gasteiger charge is -2.49. The molecular weight excluding hydrogens is 447 g/mol. The third kappa shape index (κ3) is 4.14. The normalized spacial score (nSPS) is 20.5. The minimum Gasteiger partial charge on any atom is -0.477 e. The Hall–Kier alpha value is -2.43. The number of carboxylic acids is 1. The number of esters is 1. The molecule has 0 saturated carbocycles. The first kappa shape index (κ1) is 21.3. The van der Waals surface area contributed by atoms with E-state index in [0.29, 0.717) is 5.57 Å². The van der Waals surface area contributed by atoms with E-state index in [0.717, 1.165) is 4.90 Å². The maximum Gasteiger partial charge on any atom is 0.352 e. The van der Waals surface area contributed by atoms with Crippen LogP contribution in [0.25, 0.3) is 5.57 Å². The van der Waals surface area contributed by atoms with Crippen molar-refractivity contribution in [1.82, 2.24) is 10.2 Å². The Balaban J connectivity index is 1.79. The summed E-state index contributed by atoms with van der Waals surface area (Å²) >= 11 is 12.8. The van der Waals surface area contributed by atoms with Crippen LogP contribution in [0.5, 0.6) is 0 Å². The van der Waals surface area contributed by atoms with E-state index >= 15 is 0 Å². The molecule has 12 heteroatoms. The number of carboxylic acid groups (broad SMARTS) is 1. The Kier molecular flexibility index (Phi) is 6.25. The highest BCUT2D eigenvalue weighted by Crippen LogP contribution is 2.40. The molecule has 9 nitrogen and oxygen atoms in total. The van der Waals surface area contributed by atoms with Gasteiger partial charge >= 0.3 is 11.9 Å². The van der Waals surface area contributed by atoms with Gasteiger partial charge in [0.1, 0.15) is 39.5 Å². The highest BCUT2D eigenvalue weighted by Gasteiger charge is 2.54. The number of halogens is 2. The number of rotatable bonds is 6. The molecule has 3 heterocycles. The Morgan fingerprint density at radius 2 is 2.14 bits per heavy atom. The maximum absolute atomic E-state index is 12.6. The van der Waals surface area contributed by atoms with Gasteiger partial charge in [0.25, 0.3) is 11.8 Å². The molecule has 1 unspecified atom stereocenters. The van der Waals surface area contributed by atoms with Crippen molar-refractivity contribution in [2.24, 2.45) is 0 Å². The molecule has 1 aromatic rings. The van der Waals surface area contributed by atoms with Crippen LogP contribution in [0, 0.1) is 0 Å². The minimum atomic E-state index is -1.32. The van der Waals surface area contributed by atoms with E-state index in [2.05, 4.69) is 5.32 Å². The Morgan fingerprint density at radius 3 is 2.69 bits per heavy atom. The number of thioether (sulfide) groups is 1. The molecule has 1 saturated heterocycles. The van der Waals surface area contributed by atoms with Crippen LogP contribution in [-0.4, -0.2) is 57.5 Å². The topological polar surface area (TPSA) is 126 Å². The SMILES string of the molecule is CC(=O)OCC1=C(C(=O)O)N2C(=O)C(NC(=O)C(=C(Cl)Cl)c3ccco3)[C@@H]2SC1. The number of fused-ring (bicyclic) bond motifs is 1. The Morgan fingerprint density at radius 1 is 1.41 bits per heavy atom. The largest absolute Gasteiger partial charge is 0.477 e. The van der Waals surface area contributed by atoms with E-state index in [9.17, 15) is 24.3 Å². The first-order valence-electron chi connectivity index (χ1n) is 8.15. The van der Waals surface area contributed by atoms with Crippen molar-refractivity contribution < 1.29 is 33.4 Å². The molecule has 2 aliphatic rings. The third-order valence-corrected chi connectivity index (χ3v) is 5.89. The number of nitrogens with zero attached hydrogens (tertiary/aromatic N) is 1. The van der Waals surface area contributed by atoms with Crippen molar-refractivity contribution in [3.8, 4) is 0 Å². The van der Waals surface area contributed by atoms with Gasteiger partial charge in [-0.05, 0) is 12.1 Å². The first-order chi connectivity index (χ1) is 13.7. The molecule has 0 bridgehead atoms. The van der Waals surface area contributed by atoms with E-state index in [-0.39, 0.29) is 33.9 Å². The molecular formula is C17H14Cl2N2O7S. The number of carbonyl (C=O) groups excluding carboxylic acids is 3. The van der Waals surface area contributed by atoms with E-state index in [1.54, 1.807) is 6.07 Å². The second-order valence-corrected chi connectivity index (χ2v) is 8.07. The lowest BCUT2D eigenvalue weighted by Crippen LogP contribution is -2.70. The molecule has 1 fully saturated rings. The van der Waals surface area contributed by atoms with Crippen molar-refractivity contribution >= 4 is 64.3 Å². The Labute approximate surface area is 178 Å². The summed E-state index contributed by atoms with van der Waals surface area (Å²) in [6, 6.07) is 2.05. The average Bonchev–Trinajstić information content (AvgIpc) is 3.17. The summed E-state index contributed by atoms with van der Waals surface area (Å²) in [5, 5.41) is 11.4. The predicted octanol–water partition coefficient (Wildman–Crippen LogP) is 1.73. The van der Waals surface area contributed by atoms with Gasteiger partial charge in [0.05, 0.1) is 6.26 Å². The second kappa shape index (κ2) is 8.52. The molecule has 0 aromatic carbocycles. The van der Waals surface area contributed by atoms with Gasteiger partial charge in [-0.1, -0.05) is 23.2 Å². The second-order valence-electron chi connectivity index (χ2n) is 6.01. The monoisotopic (exact) mass is 460 g/mol. The zero-order valence-corrected chi connectivity index (χ0v) is 17.1. The van der Waals surface area contributed by atoms with Crippen LogP contribution in [-0.2, 0) is 23.9 Å². The van der Waals surface area contributed by atoms with Gasteiger partial charge in [0.15, 0.2) is 0 Å². The van der Waals surface area contributed by atoms with Crippen molar-refractivity contribution in [3.05, 3.63) is 39.9 Å². The first-order valence-corrected chi connectivity index (χ1v) is 9.96. The lowest BCUT2D eigenvalue weighted by molar-refractivity contribution is -0.150. The molecule has 2 amide bonds. The fraction of sp³-hybridized carbons (Fsp3) is 0.294. The van der Waals surface area contributed by atoms with Crippen molar-refractivity contribution in [2.45, 2.75) is 18.3 Å². The number of nitrogens with one attached hydrogen (secondary N) is 1. The average molecular weight is 461 g/mol. The smallest absolute Gasteiger partial charge is 0.352 e. The maximum atomic E-state index is 12.6. The zero-order chi connectivity index (χ0) is 21.3. The number of carbonyl (C=O) groups is 4. The number of hydrogen-bond acceptors (Lipinski definition) is 7. The van der Waals surface area contributed by atoms with Gasteiger partial charge in [-0.25, -0.2) is 4.79 Å². The third-order valence-electron chi connectivity index (χ3n) is 4.17. The number of hydrogen-bond donors (Lipinski definition) is 2. The van der Waals surface area contributed by atoms with Gasteiger partial charge in [-0.2, -0.15) is 0 Å². The highest BCUT2D eigenvalue weighted by molar-refractivity contribution is 8.00. The number of furan rings is 1. The molecule has 0 aliphatic carbocycles. The standard InChI is InChI=1S/C17H14Cl2N2O7S/c1-7(22)28-5-8-6-29-16-11(15(24)21(16)12(8)17(25)26)20-14(23)10(13(18)19)9-3-2-4-27-9/h2-4,11,16H,5-6H2,1H3,(H,20,23)(H,25,26)/t11?,16-/m0/s1. The van der Waals surface area contributed by atoms with Crippen LogP contribution in [0.3, 0.4) is 0 Å². The van der Waals surface area contributed by atoms with E-state index < -0.39 is 35.2 Å². The minimum absolute atomic E-state index is 0.122. The molecule has 1 aromatic heterocycles. The van der Waals surface area contributed by atoms with E-state index in [1.807, 2.05) is 0 Å². The van der Waals surface area contributed by atoms with Crippen LogP contribution in [0.2, 0.25) is 0 Å². The molecule has 0 radical (unpaired) electrons. The summed E-state index contributed by atoms with van der Waals surface area (Å²) < 4.78 is 9.67. The van der Waals surface area contributed by atoms with Gasteiger partial charge < -0.3 is 19.6 Å². The van der Waals surface area contributed by atoms with Crippen LogP contribution >= 0.6 is 35.0 Å². The van der Waals surface area contributed by atoms with Crippen molar-refractivity contribution in [1.29, 1.82) is 0 Å². The number of aliphatic carboxylic acids is 1. The van der Waals surface area contributed by atoms with E-state index in [4.69, 9.17) is 32.4 Å². The highest BCUT2D eigenvalue weighted by atomic mass is 35.5. The summed E-state index contributed by atoms with van der Waals surface area (Å²) in [4.78, 5) is 49.0. The van der Waals surface area contributed by atoms with E-state index in [1.165, 1.54) is 31.0 Å². The molecule has 3 rings (SSSR count). The fourth-order valence-electron chi connectivity index (χ4n) is 2.91. The quantitative estimate of drug-likeness (QED) is 0.373. The predicted molar refractivity (Wildman–Crippen MR) is 104 cm³/mol. The summed E-state index contributed by atoms with van der Waals surface area (Å²) in [7, 11) is 0. The molecule has 29 heavy (non-hydrogen) atoms. The number of β-lactam (4-membered cyclic amide) rings is 1. The fourth-order valence-corrected chi connectivity index (χ4v) is 4.59. The van der Waals surface area contributed by atoms with Crippen LogP contribution in [0.4, 0.5) is 0 Å². The van der Waals surface area contributed by atoms with Gasteiger partial charge in [-0.15, -0.1) is 11.8 Å². The van der Waals surface area contributed by atoms with Gasteiger partial charge in [0, 0.05) is 18.2 Å². The van der Waals surface area contributed by atoms with Crippen LogP contribution < -0.4 is 5.32 Å². The Bertz CT molecular complexity index is 938. The summed E-state index contributed by atoms with van der Waals surface area (Å²) in [6.07, 6.45) is 1.33. The number of ether oxygens (including phenoxy) is 1. The number of amides is 2. The summed E-state index contributed by atoms with van der Waals surface area (Å²) in [5.74, 6) is -2.90. The van der Waals surface area contributed by atoms with Gasteiger partial charge in [-0.3, -0.25) is 19.3 Å². The zero-order valence-electron chi connectivity index (χ0n) is 14.8. The van der Waals surface area contributed by atoms with Crippen LogP contribution in [0.15, 0.2) is 38.6 Å². The lowest BCUT2D eigenvalue weighted by atomic mass is 10.0. The molecule has 2 atom stereocenters. The summed E-state index contributed by atoms with van der Waals surface area (Å²) in [5.41, 5.74) is -0.0929. The molecule has 154 valence electrons. The van der Waals surface area contributed by atoms with Crippen molar-refractivity contribution in [3.63, 3.8) is 0 Å². The molecule has 0 spiro atoms. The molecule has 2 N–H and O–H groups in total. The molecule has 2 aliphatic heterocycles. The van der Waals surface area contributed by atoms with Gasteiger partial charge in [0.2, 0.25) is 0 Å².